The first-order chi connectivity index (χ1) is 7.93. The molecule has 0 saturated carbocycles. The lowest BCUT2D eigenvalue weighted by Gasteiger charge is -2.42. The van der Waals surface area contributed by atoms with Crippen molar-refractivity contribution in [3.05, 3.63) is 0 Å². The zero-order valence-corrected chi connectivity index (χ0v) is 12.2. The second-order valence-corrected chi connectivity index (χ2v) is 6.36. The van der Waals surface area contributed by atoms with Gasteiger partial charge < -0.3 is 5.73 Å². The molecule has 102 valence electrons. The summed E-state index contributed by atoms with van der Waals surface area (Å²) >= 11 is 0. The third kappa shape index (κ3) is 5.36. The van der Waals surface area contributed by atoms with Crippen molar-refractivity contribution in [2.75, 3.05) is 32.7 Å². The molecule has 17 heavy (non-hydrogen) atoms. The summed E-state index contributed by atoms with van der Waals surface area (Å²) in [5, 5.41) is 0. The Hall–Kier alpha value is -0.120. The molecule has 1 unspecified atom stereocenters. The fraction of sp³-hybridized carbons (Fsp3) is 1.00. The number of rotatable bonds is 5. The zero-order chi connectivity index (χ0) is 12.9. The fourth-order valence-corrected chi connectivity index (χ4v) is 2.49. The maximum Gasteiger partial charge on any atom is 0.0167 e. The lowest BCUT2D eigenvalue weighted by Crippen LogP contribution is -2.55. The van der Waals surface area contributed by atoms with Crippen LogP contribution in [0.3, 0.4) is 0 Å². The van der Waals surface area contributed by atoms with Crippen LogP contribution in [-0.2, 0) is 0 Å². The minimum absolute atomic E-state index is 0.316. The molecule has 0 aliphatic carbocycles. The van der Waals surface area contributed by atoms with Gasteiger partial charge in [0.2, 0.25) is 0 Å². The summed E-state index contributed by atoms with van der Waals surface area (Å²) in [6.45, 7) is 14.9. The molecule has 0 aromatic heterocycles. The van der Waals surface area contributed by atoms with Crippen LogP contribution < -0.4 is 5.73 Å². The van der Waals surface area contributed by atoms with Crippen LogP contribution in [0.5, 0.6) is 0 Å². The van der Waals surface area contributed by atoms with Crippen molar-refractivity contribution in [2.45, 2.75) is 58.5 Å². The normalized spacial score (nSPS) is 21.7. The van der Waals surface area contributed by atoms with Gasteiger partial charge in [-0.05, 0) is 27.2 Å². The first kappa shape index (κ1) is 14.9. The summed E-state index contributed by atoms with van der Waals surface area (Å²) < 4.78 is 0. The number of hydrogen-bond donors (Lipinski definition) is 1. The topological polar surface area (TPSA) is 32.5 Å². The summed E-state index contributed by atoms with van der Waals surface area (Å²) in [6.07, 6.45) is 3.70. The van der Waals surface area contributed by atoms with Gasteiger partial charge in [0.05, 0.1) is 0 Å². The van der Waals surface area contributed by atoms with E-state index >= 15 is 0 Å². The molecule has 1 heterocycles. The van der Waals surface area contributed by atoms with E-state index in [9.17, 15) is 0 Å². The van der Waals surface area contributed by atoms with Crippen LogP contribution in [0.15, 0.2) is 0 Å². The van der Waals surface area contributed by atoms with Crippen LogP contribution in [0.2, 0.25) is 0 Å². The molecule has 0 amide bonds. The highest BCUT2D eigenvalue weighted by atomic mass is 15.3. The Labute approximate surface area is 107 Å². The molecule has 1 aliphatic rings. The van der Waals surface area contributed by atoms with Crippen molar-refractivity contribution in [1.29, 1.82) is 0 Å². The average molecular weight is 241 g/mol. The van der Waals surface area contributed by atoms with Gasteiger partial charge in [-0.3, -0.25) is 9.80 Å². The standard InChI is InChI=1S/C14H31N3/c1-5-6-7-13(15)12-16-8-10-17(11-9-16)14(2,3)4/h13H,5-12,15H2,1-4H3. The van der Waals surface area contributed by atoms with Gasteiger partial charge in [-0.2, -0.15) is 0 Å². The highest BCUT2D eigenvalue weighted by Gasteiger charge is 2.26. The number of unbranched alkanes of at least 4 members (excludes halogenated alkanes) is 1. The molecule has 0 aromatic carbocycles. The maximum absolute atomic E-state index is 6.16. The van der Waals surface area contributed by atoms with E-state index in [-0.39, 0.29) is 0 Å². The summed E-state index contributed by atoms with van der Waals surface area (Å²) in [5.41, 5.74) is 6.47. The van der Waals surface area contributed by atoms with E-state index in [0.29, 0.717) is 11.6 Å². The van der Waals surface area contributed by atoms with Crippen molar-refractivity contribution in [2.24, 2.45) is 5.73 Å². The van der Waals surface area contributed by atoms with Gasteiger partial charge in [-0.1, -0.05) is 19.8 Å². The van der Waals surface area contributed by atoms with Crippen molar-refractivity contribution < 1.29 is 0 Å². The molecule has 0 radical (unpaired) electrons. The number of nitrogens with zero attached hydrogens (tertiary/aromatic N) is 2. The van der Waals surface area contributed by atoms with Crippen LogP contribution in [0.25, 0.3) is 0 Å². The van der Waals surface area contributed by atoms with E-state index in [1.165, 1.54) is 45.4 Å². The Morgan fingerprint density at radius 2 is 1.71 bits per heavy atom. The minimum atomic E-state index is 0.316. The number of nitrogens with two attached hydrogens (primary N) is 1. The van der Waals surface area contributed by atoms with Crippen LogP contribution in [-0.4, -0.2) is 54.1 Å². The van der Waals surface area contributed by atoms with E-state index in [1.54, 1.807) is 0 Å². The smallest absolute Gasteiger partial charge is 0.0167 e. The molecule has 0 bridgehead atoms. The molecule has 3 nitrogen and oxygen atoms in total. The molecule has 2 N–H and O–H groups in total. The summed E-state index contributed by atoms with van der Waals surface area (Å²) in [5.74, 6) is 0. The number of hydrogen-bond acceptors (Lipinski definition) is 3. The SMILES string of the molecule is CCCCC(N)CN1CCN(C(C)(C)C)CC1. The third-order valence-corrected chi connectivity index (χ3v) is 3.74. The molecule has 3 heteroatoms. The second kappa shape index (κ2) is 6.72. The highest BCUT2D eigenvalue weighted by molar-refractivity contribution is 4.83. The van der Waals surface area contributed by atoms with Crippen molar-refractivity contribution >= 4 is 0 Å². The summed E-state index contributed by atoms with van der Waals surface area (Å²) in [4.78, 5) is 5.10. The van der Waals surface area contributed by atoms with Gasteiger partial charge in [0.25, 0.3) is 0 Å². The quantitative estimate of drug-likeness (QED) is 0.798. The Bertz CT molecular complexity index is 202. The van der Waals surface area contributed by atoms with Crippen molar-refractivity contribution in [3.8, 4) is 0 Å². The molecule has 1 rings (SSSR count). The van der Waals surface area contributed by atoms with E-state index in [4.69, 9.17) is 5.73 Å². The lowest BCUT2D eigenvalue weighted by atomic mass is 10.0. The monoisotopic (exact) mass is 241 g/mol. The van der Waals surface area contributed by atoms with Gasteiger partial charge in [-0.25, -0.2) is 0 Å². The first-order valence-electron chi connectivity index (χ1n) is 7.16. The summed E-state index contributed by atoms with van der Waals surface area (Å²) in [6, 6.07) is 0.371. The van der Waals surface area contributed by atoms with E-state index < -0.39 is 0 Å². The predicted molar refractivity (Wildman–Crippen MR) is 75.3 cm³/mol. The fourth-order valence-electron chi connectivity index (χ4n) is 2.49. The van der Waals surface area contributed by atoms with Crippen LogP contribution in [0.4, 0.5) is 0 Å². The summed E-state index contributed by atoms with van der Waals surface area (Å²) in [7, 11) is 0. The van der Waals surface area contributed by atoms with Crippen LogP contribution in [0.1, 0.15) is 47.0 Å². The van der Waals surface area contributed by atoms with E-state index in [1.807, 2.05) is 0 Å². The van der Waals surface area contributed by atoms with Gasteiger partial charge in [-0.15, -0.1) is 0 Å². The first-order valence-corrected chi connectivity index (χ1v) is 7.16. The molecule has 1 fully saturated rings. The molecule has 1 atom stereocenters. The molecular weight excluding hydrogens is 210 g/mol. The Morgan fingerprint density at radius 1 is 1.12 bits per heavy atom. The maximum atomic E-state index is 6.16. The van der Waals surface area contributed by atoms with Crippen molar-refractivity contribution in [1.82, 2.24) is 9.80 Å². The Balaban J connectivity index is 2.23. The molecule has 0 spiro atoms. The Kier molecular flexibility index (Phi) is 5.90. The zero-order valence-electron chi connectivity index (χ0n) is 12.2. The molecular formula is C14H31N3. The van der Waals surface area contributed by atoms with E-state index in [0.717, 1.165) is 6.54 Å². The largest absolute Gasteiger partial charge is 0.327 e. The predicted octanol–water partition coefficient (Wildman–Crippen LogP) is 1.92. The average Bonchev–Trinajstić information content (AvgIpc) is 2.26. The van der Waals surface area contributed by atoms with Gasteiger partial charge in [0.1, 0.15) is 0 Å². The second-order valence-electron chi connectivity index (χ2n) is 6.36. The van der Waals surface area contributed by atoms with Crippen LogP contribution >= 0.6 is 0 Å². The minimum Gasteiger partial charge on any atom is -0.327 e. The van der Waals surface area contributed by atoms with E-state index in [2.05, 4.69) is 37.5 Å². The third-order valence-electron chi connectivity index (χ3n) is 3.74. The molecule has 1 aliphatic heterocycles. The van der Waals surface area contributed by atoms with Crippen molar-refractivity contribution in [3.63, 3.8) is 0 Å². The highest BCUT2D eigenvalue weighted by Crippen LogP contribution is 2.16. The Morgan fingerprint density at radius 3 is 2.18 bits per heavy atom. The lowest BCUT2D eigenvalue weighted by molar-refractivity contribution is 0.0594. The molecule has 1 saturated heterocycles. The van der Waals surface area contributed by atoms with Crippen LogP contribution in [0, 0.1) is 0 Å². The molecule has 0 aromatic rings. The number of piperazine rings is 1. The van der Waals surface area contributed by atoms with Gasteiger partial charge >= 0.3 is 0 Å². The van der Waals surface area contributed by atoms with Gasteiger partial charge in [0, 0.05) is 44.3 Å². The van der Waals surface area contributed by atoms with Gasteiger partial charge in [0.15, 0.2) is 0 Å².